The predicted octanol–water partition coefficient (Wildman–Crippen LogP) is 0.948. The maximum absolute atomic E-state index is 10.0. The van der Waals surface area contributed by atoms with Gasteiger partial charge in [0, 0.05) is 0 Å². The summed E-state index contributed by atoms with van der Waals surface area (Å²) in [5, 5.41) is 32.8. The van der Waals surface area contributed by atoms with Gasteiger partial charge in [0.05, 0.1) is 12.8 Å². The van der Waals surface area contributed by atoms with Crippen LogP contribution in [0.3, 0.4) is 0 Å². The van der Waals surface area contributed by atoms with Gasteiger partial charge in [0.15, 0.2) is 6.10 Å². The quantitative estimate of drug-likeness (QED) is 0.480. The minimum atomic E-state index is -1.16. The topological polar surface area (TPSA) is 132 Å². The van der Waals surface area contributed by atoms with E-state index in [2.05, 4.69) is 0 Å². The number of rotatable bonds is 8. The monoisotopic (exact) mass is 264 g/mol. The van der Waals surface area contributed by atoms with Crippen LogP contribution < -0.4 is 0 Å². The van der Waals surface area contributed by atoms with E-state index < -0.39 is 24.0 Å². The van der Waals surface area contributed by atoms with E-state index in [1.165, 1.54) is 0 Å². The molecule has 0 fully saturated rings. The molecule has 0 aromatic heterocycles. The van der Waals surface area contributed by atoms with Crippen molar-refractivity contribution in [3.8, 4) is 0 Å². The molecule has 0 amide bonds. The Morgan fingerprint density at radius 3 is 1.67 bits per heavy atom. The standard InChI is InChI=1S/C7H14O3.C4H6O4/c1-2-3-4-5-6(8)7(9)10;5-3(6)1-2-4(7)8/h6,8H,2-5H2,1H3,(H,9,10);1-2H2,(H,5,6)(H,7,8). The van der Waals surface area contributed by atoms with E-state index in [0.717, 1.165) is 19.3 Å². The molecule has 0 aliphatic rings. The molecule has 7 heteroatoms. The van der Waals surface area contributed by atoms with Gasteiger partial charge in [-0.05, 0) is 6.42 Å². The Morgan fingerprint density at radius 1 is 0.944 bits per heavy atom. The van der Waals surface area contributed by atoms with Gasteiger partial charge >= 0.3 is 17.9 Å². The minimum absolute atomic E-state index is 0.296. The molecule has 0 heterocycles. The Labute approximate surface area is 105 Å². The molecule has 18 heavy (non-hydrogen) atoms. The average Bonchev–Trinajstić information content (AvgIpc) is 2.27. The van der Waals surface area contributed by atoms with E-state index in [1.54, 1.807) is 0 Å². The average molecular weight is 264 g/mol. The van der Waals surface area contributed by atoms with E-state index in [-0.39, 0.29) is 12.8 Å². The van der Waals surface area contributed by atoms with Gasteiger partial charge in [-0.25, -0.2) is 4.79 Å². The van der Waals surface area contributed by atoms with Gasteiger partial charge in [-0.2, -0.15) is 0 Å². The number of aliphatic carboxylic acids is 3. The van der Waals surface area contributed by atoms with Gasteiger partial charge in [-0.3, -0.25) is 9.59 Å². The van der Waals surface area contributed by atoms with Crippen molar-refractivity contribution in [1.82, 2.24) is 0 Å². The lowest BCUT2D eigenvalue weighted by Gasteiger charge is -2.02. The molecule has 0 saturated heterocycles. The van der Waals surface area contributed by atoms with Crippen LogP contribution in [0.15, 0.2) is 0 Å². The SMILES string of the molecule is CCCCCC(O)C(=O)O.O=C(O)CCC(=O)O. The molecule has 1 unspecified atom stereocenters. The molecule has 7 nitrogen and oxygen atoms in total. The highest BCUT2D eigenvalue weighted by molar-refractivity contribution is 5.75. The number of carboxylic acids is 3. The third-order valence-corrected chi connectivity index (χ3v) is 1.92. The lowest BCUT2D eigenvalue weighted by molar-refractivity contribution is -0.147. The fraction of sp³-hybridized carbons (Fsp3) is 0.727. The summed E-state index contributed by atoms with van der Waals surface area (Å²) in [6.45, 7) is 2.03. The molecule has 4 N–H and O–H groups in total. The first-order valence-corrected chi connectivity index (χ1v) is 5.65. The van der Waals surface area contributed by atoms with E-state index in [0.29, 0.717) is 6.42 Å². The summed E-state index contributed by atoms with van der Waals surface area (Å²) in [5.41, 5.74) is 0. The molecule has 0 aromatic rings. The van der Waals surface area contributed by atoms with Crippen molar-refractivity contribution in [2.45, 2.75) is 51.6 Å². The Morgan fingerprint density at radius 2 is 1.39 bits per heavy atom. The number of aliphatic hydroxyl groups excluding tert-OH is 1. The summed E-state index contributed by atoms with van der Waals surface area (Å²) in [6.07, 6.45) is 1.46. The second-order valence-corrected chi connectivity index (χ2v) is 3.64. The van der Waals surface area contributed by atoms with Crippen molar-refractivity contribution in [3.63, 3.8) is 0 Å². The second kappa shape index (κ2) is 11.8. The summed E-state index contributed by atoms with van der Waals surface area (Å²) >= 11 is 0. The molecular formula is C11H20O7. The van der Waals surface area contributed by atoms with Crippen molar-refractivity contribution in [2.75, 3.05) is 0 Å². The number of carbonyl (C=O) groups is 3. The maximum Gasteiger partial charge on any atom is 0.332 e. The molecule has 106 valence electrons. The van der Waals surface area contributed by atoms with Crippen molar-refractivity contribution >= 4 is 17.9 Å². The zero-order valence-electron chi connectivity index (χ0n) is 10.3. The first-order chi connectivity index (χ1) is 8.31. The molecule has 0 bridgehead atoms. The number of carboxylic acid groups (broad SMARTS) is 3. The first kappa shape index (κ1) is 18.7. The van der Waals surface area contributed by atoms with Crippen LogP contribution in [0.2, 0.25) is 0 Å². The number of hydrogen-bond acceptors (Lipinski definition) is 4. The number of aliphatic hydroxyl groups is 1. The van der Waals surface area contributed by atoms with Gasteiger partial charge in [0.1, 0.15) is 0 Å². The van der Waals surface area contributed by atoms with Gasteiger partial charge in [-0.1, -0.05) is 26.2 Å². The zero-order valence-corrected chi connectivity index (χ0v) is 10.3. The Balaban J connectivity index is 0. The molecule has 0 aliphatic heterocycles. The smallest absolute Gasteiger partial charge is 0.332 e. The van der Waals surface area contributed by atoms with Gasteiger partial charge in [0.2, 0.25) is 0 Å². The van der Waals surface area contributed by atoms with Crippen molar-refractivity contribution in [1.29, 1.82) is 0 Å². The van der Waals surface area contributed by atoms with Crippen LogP contribution in [0.25, 0.3) is 0 Å². The maximum atomic E-state index is 10.0. The lowest BCUT2D eigenvalue weighted by atomic mass is 10.1. The molecular weight excluding hydrogens is 244 g/mol. The number of unbranched alkanes of at least 4 members (excludes halogenated alkanes) is 2. The van der Waals surface area contributed by atoms with Crippen LogP contribution in [-0.2, 0) is 14.4 Å². The minimum Gasteiger partial charge on any atom is -0.481 e. The van der Waals surface area contributed by atoms with E-state index >= 15 is 0 Å². The zero-order chi connectivity index (χ0) is 14.6. The van der Waals surface area contributed by atoms with Crippen LogP contribution in [-0.4, -0.2) is 44.4 Å². The van der Waals surface area contributed by atoms with Crippen LogP contribution in [0.1, 0.15) is 45.4 Å². The highest BCUT2D eigenvalue weighted by Crippen LogP contribution is 2.02. The largest absolute Gasteiger partial charge is 0.481 e. The summed E-state index contributed by atoms with van der Waals surface area (Å²) in [4.78, 5) is 29.3. The van der Waals surface area contributed by atoms with Crippen LogP contribution in [0, 0.1) is 0 Å². The van der Waals surface area contributed by atoms with Crippen LogP contribution in [0.5, 0.6) is 0 Å². The molecule has 0 rings (SSSR count). The fourth-order valence-electron chi connectivity index (χ4n) is 0.925. The van der Waals surface area contributed by atoms with E-state index in [9.17, 15) is 14.4 Å². The Hall–Kier alpha value is -1.63. The fourth-order valence-corrected chi connectivity index (χ4v) is 0.925. The normalized spacial score (nSPS) is 11.0. The van der Waals surface area contributed by atoms with Crippen molar-refractivity contribution in [2.24, 2.45) is 0 Å². The summed E-state index contributed by atoms with van der Waals surface area (Å²) < 4.78 is 0. The third kappa shape index (κ3) is 16.8. The van der Waals surface area contributed by atoms with Crippen molar-refractivity contribution < 1.29 is 34.8 Å². The summed E-state index contributed by atoms with van der Waals surface area (Å²) in [7, 11) is 0. The lowest BCUT2D eigenvalue weighted by Crippen LogP contribution is -2.18. The summed E-state index contributed by atoms with van der Waals surface area (Å²) in [6, 6.07) is 0. The predicted molar refractivity (Wildman–Crippen MR) is 62.3 cm³/mol. The van der Waals surface area contributed by atoms with Gasteiger partial charge in [0.25, 0.3) is 0 Å². The number of hydrogen-bond donors (Lipinski definition) is 4. The van der Waals surface area contributed by atoms with Crippen molar-refractivity contribution in [3.05, 3.63) is 0 Å². The highest BCUT2D eigenvalue weighted by atomic mass is 16.4. The summed E-state index contributed by atoms with van der Waals surface area (Å²) in [5.74, 6) is -3.27. The van der Waals surface area contributed by atoms with Crippen LogP contribution in [0.4, 0.5) is 0 Å². The van der Waals surface area contributed by atoms with E-state index in [4.69, 9.17) is 20.4 Å². The molecule has 0 spiro atoms. The van der Waals surface area contributed by atoms with Gasteiger partial charge < -0.3 is 20.4 Å². The third-order valence-electron chi connectivity index (χ3n) is 1.92. The first-order valence-electron chi connectivity index (χ1n) is 5.65. The van der Waals surface area contributed by atoms with Gasteiger partial charge in [-0.15, -0.1) is 0 Å². The molecule has 0 saturated carbocycles. The Kier molecular flexibility index (Phi) is 12.3. The highest BCUT2D eigenvalue weighted by Gasteiger charge is 2.10. The van der Waals surface area contributed by atoms with Crippen LogP contribution >= 0.6 is 0 Å². The Bertz CT molecular complexity index is 248. The molecule has 1 atom stereocenters. The molecule has 0 aromatic carbocycles. The van der Waals surface area contributed by atoms with E-state index in [1.807, 2.05) is 6.92 Å². The molecule has 0 radical (unpaired) electrons. The second-order valence-electron chi connectivity index (χ2n) is 3.64. The molecule has 0 aliphatic carbocycles.